The minimum absolute atomic E-state index is 0. The first-order valence-electron chi connectivity index (χ1n) is 13.9. The molecule has 1 atom stereocenters. The third-order valence-electron chi connectivity index (χ3n) is 7.24. The van der Waals surface area contributed by atoms with Gasteiger partial charge in [0.15, 0.2) is 0 Å². The van der Waals surface area contributed by atoms with Gasteiger partial charge in [-0.1, -0.05) is 6.08 Å². The zero-order valence-corrected chi connectivity index (χ0v) is 24.6. The molecule has 2 aliphatic heterocycles. The van der Waals surface area contributed by atoms with Crippen LogP contribution in [-0.2, 0) is 35.6 Å². The van der Waals surface area contributed by atoms with Gasteiger partial charge in [0.2, 0.25) is 0 Å². The maximum Gasteiger partial charge on any atom is 0.416 e. The van der Waals surface area contributed by atoms with Gasteiger partial charge in [0.25, 0.3) is 11.8 Å². The fourth-order valence-corrected chi connectivity index (χ4v) is 5.78. The summed E-state index contributed by atoms with van der Waals surface area (Å²) < 4.78 is 48.0. The molecule has 0 radical (unpaired) electrons. The number of aromatic nitrogens is 3. The van der Waals surface area contributed by atoms with E-state index in [0.717, 1.165) is 48.8 Å². The van der Waals surface area contributed by atoms with E-state index in [2.05, 4.69) is 30.6 Å². The highest BCUT2D eigenvalue weighted by Crippen LogP contribution is 2.33. The van der Waals surface area contributed by atoms with Gasteiger partial charge in [0.05, 0.1) is 42.9 Å². The number of morpholine rings is 1. The van der Waals surface area contributed by atoms with Crippen molar-refractivity contribution in [1.29, 1.82) is 0 Å². The number of thiazole rings is 1. The number of hydrogen-bond acceptors (Lipinski definition) is 8. The number of aliphatic imine (C=N–C) groups is 1. The van der Waals surface area contributed by atoms with Gasteiger partial charge in [-0.25, -0.2) is 4.98 Å². The Kier molecular flexibility index (Phi) is 9.37. The van der Waals surface area contributed by atoms with Crippen molar-refractivity contribution in [3.8, 4) is 0 Å². The molecule has 1 unspecified atom stereocenters. The molecule has 5 rings (SSSR count). The molecule has 0 saturated carbocycles. The Bertz CT molecular complexity index is 1550. The topological polar surface area (TPSA) is 114 Å². The summed E-state index contributed by atoms with van der Waals surface area (Å²) in [5, 5.41) is 10.1. The Morgan fingerprint density at radius 3 is 2.72 bits per heavy atom. The van der Waals surface area contributed by atoms with Crippen molar-refractivity contribution in [2.45, 2.75) is 38.4 Å². The summed E-state index contributed by atoms with van der Waals surface area (Å²) in [5.41, 5.74) is 1.46. The van der Waals surface area contributed by atoms with E-state index in [9.17, 15) is 22.8 Å². The monoisotopic (exact) mass is 619 g/mol. The number of carbonyl (C=O) groups is 2. The van der Waals surface area contributed by atoms with Crippen molar-refractivity contribution in [2.75, 3.05) is 38.2 Å². The molecule has 232 valence electrons. The molecule has 2 aromatic heterocycles. The number of anilines is 1. The summed E-state index contributed by atoms with van der Waals surface area (Å²) >= 11 is 1.05. The Morgan fingerprint density at radius 1 is 1.16 bits per heavy atom. The van der Waals surface area contributed by atoms with Crippen LogP contribution >= 0.6 is 11.3 Å². The van der Waals surface area contributed by atoms with Crippen LogP contribution in [-0.4, -0.2) is 70.0 Å². The van der Waals surface area contributed by atoms with Gasteiger partial charge in [-0.2, -0.15) is 18.3 Å². The number of allylic oxidation sites excluding steroid dienone is 1. The molecule has 10 nitrogen and oxygen atoms in total. The number of amides is 2. The first-order valence-corrected chi connectivity index (χ1v) is 14.7. The Hall–Kier alpha value is -3.88. The van der Waals surface area contributed by atoms with Crippen molar-refractivity contribution < 1.29 is 30.4 Å². The summed E-state index contributed by atoms with van der Waals surface area (Å²) in [5.74, 6) is -1.00. The van der Waals surface area contributed by atoms with Crippen molar-refractivity contribution in [1.82, 2.24) is 25.0 Å². The highest BCUT2D eigenvalue weighted by atomic mass is 32.1. The Labute approximate surface area is 253 Å². The molecule has 0 spiro atoms. The lowest BCUT2D eigenvalue weighted by molar-refractivity contribution is -0.137. The van der Waals surface area contributed by atoms with E-state index in [-0.39, 0.29) is 19.1 Å². The fourth-order valence-electron chi connectivity index (χ4n) is 4.96. The molecule has 2 N–H and O–H groups in total. The van der Waals surface area contributed by atoms with E-state index < -0.39 is 29.6 Å². The van der Waals surface area contributed by atoms with Gasteiger partial charge in [-0.05, 0) is 50.1 Å². The molecule has 1 aromatic carbocycles. The number of benzene rings is 1. The molecule has 3 aromatic rings. The summed E-state index contributed by atoms with van der Waals surface area (Å²) in [7, 11) is 1.80. The molecule has 2 amide bonds. The molecule has 1 fully saturated rings. The van der Waals surface area contributed by atoms with Crippen LogP contribution in [0.4, 0.5) is 18.9 Å². The van der Waals surface area contributed by atoms with Crippen molar-refractivity contribution in [3.63, 3.8) is 0 Å². The zero-order valence-electron chi connectivity index (χ0n) is 23.8. The quantitative estimate of drug-likeness (QED) is 0.361. The predicted octanol–water partition coefficient (Wildman–Crippen LogP) is 4.64. The van der Waals surface area contributed by atoms with Crippen LogP contribution in [0.2, 0.25) is 0 Å². The normalized spacial score (nSPS) is 16.3. The molecular formula is C29H36F3N7O3S. The van der Waals surface area contributed by atoms with Crippen LogP contribution in [0, 0.1) is 0 Å². The second-order valence-electron chi connectivity index (χ2n) is 10.4. The maximum atomic E-state index is 13.7. The lowest BCUT2D eigenvalue weighted by Crippen LogP contribution is -2.36. The highest BCUT2D eigenvalue weighted by Gasteiger charge is 2.31. The van der Waals surface area contributed by atoms with E-state index in [1.54, 1.807) is 37.1 Å². The van der Waals surface area contributed by atoms with Crippen LogP contribution in [0.1, 0.15) is 59.3 Å². The average molecular weight is 620 g/mol. The number of rotatable bonds is 9. The van der Waals surface area contributed by atoms with E-state index in [1.807, 2.05) is 6.08 Å². The second-order valence-corrected chi connectivity index (χ2v) is 11.4. The van der Waals surface area contributed by atoms with E-state index in [0.29, 0.717) is 48.6 Å². The number of aryl methyl sites for hydroxylation is 2. The van der Waals surface area contributed by atoms with E-state index in [4.69, 9.17) is 4.74 Å². The summed E-state index contributed by atoms with van der Waals surface area (Å²) in [6.07, 6.45) is 3.52. The molecule has 0 aliphatic carbocycles. The predicted molar refractivity (Wildman–Crippen MR) is 160 cm³/mol. The van der Waals surface area contributed by atoms with Gasteiger partial charge in [-0.3, -0.25) is 24.2 Å². The third-order valence-corrected chi connectivity index (χ3v) is 8.42. The summed E-state index contributed by atoms with van der Waals surface area (Å²) in [4.78, 5) is 37.1. The highest BCUT2D eigenvalue weighted by molar-refractivity contribution is 7.13. The van der Waals surface area contributed by atoms with Crippen LogP contribution < -0.4 is 10.6 Å². The Balaban J connectivity index is 0.00000276. The number of nitrogens with zero attached hydrogens (tertiary/aromatic N) is 5. The SMILES string of the molecule is CC(NC(=O)C1=NC=CCc2c1cnn2C)c1ncc(C(=O)Nc2cc(CCCN3CCOCC3)cc(C(F)(F)F)c2)s1.[HH].[HH]. The smallest absolute Gasteiger partial charge is 0.379 e. The van der Waals surface area contributed by atoms with Crippen molar-refractivity contribution in [3.05, 3.63) is 75.1 Å². The van der Waals surface area contributed by atoms with Crippen molar-refractivity contribution in [2.24, 2.45) is 12.0 Å². The minimum atomic E-state index is -4.56. The molecule has 1 saturated heterocycles. The number of nitrogens with one attached hydrogen (secondary N) is 2. The molecule has 2 aliphatic rings. The number of alkyl halides is 3. The molecule has 4 heterocycles. The van der Waals surface area contributed by atoms with Gasteiger partial charge in [0.1, 0.15) is 15.6 Å². The Morgan fingerprint density at radius 2 is 1.95 bits per heavy atom. The van der Waals surface area contributed by atoms with Crippen molar-refractivity contribution >= 4 is 34.6 Å². The third kappa shape index (κ3) is 7.56. The molecule has 14 heteroatoms. The van der Waals surface area contributed by atoms with Gasteiger partial charge in [0, 0.05) is 46.9 Å². The van der Waals surface area contributed by atoms with Gasteiger partial charge < -0.3 is 15.4 Å². The second kappa shape index (κ2) is 13.2. The van der Waals surface area contributed by atoms with Crippen LogP contribution in [0.5, 0.6) is 0 Å². The maximum absolute atomic E-state index is 13.7. The summed E-state index contributed by atoms with van der Waals surface area (Å²) in [6, 6.07) is 3.09. The van der Waals surface area contributed by atoms with E-state index >= 15 is 0 Å². The van der Waals surface area contributed by atoms with Crippen LogP contribution in [0.3, 0.4) is 0 Å². The first-order chi connectivity index (χ1) is 20.6. The summed E-state index contributed by atoms with van der Waals surface area (Å²) in [6.45, 7) is 5.41. The molecule has 43 heavy (non-hydrogen) atoms. The number of carbonyl (C=O) groups excluding carboxylic acids is 2. The fraction of sp³-hybridized carbons (Fsp3) is 0.414. The largest absolute Gasteiger partial charge is 0.416 e. The van der Waals surface area contributed by atoms with Crippen LogP contribution in [0.15, 0.2) is 47.9 Å². The molecule has 0 bridgehead atoms. The number of hydrogen-bond donors (Lipinski definition) is 2. The average Bonchev–Trinajstić information content (AvgIpc) is 3.54. The number of halogens is 3. The van der Waals surface area contributed by atoms with Gasteiger partial charge >= 0.3 is 6.18 Å². The van der Waals surface area contributed by atoms with Gasteiger partial charge in [-0.15, -0.1) is 11.3 Å². The van der Waals surface area contributed by atoms with Crippen LogP contribution in [0.25, 0.3) is 0 Å². The molecular weight excluding hydrogens is 583 g/mol. The van der Waals surface area contributed by atoms with E-state index in [1.165, 1.54) is 6.20 Å². The standard InChI is InChI=1S/C29H32F3N7O3S.2H2/c1-18(36-27(41)25-22-16-35-38(2)23(22)6-3-7-33-25)28-34-17-24(43-28)26(40)37-21-14-19(13-20(15-21)29(30,31)32)5-4-8-39-9-11-42-12-10-39;;/h3,7,13-18H,4-6,8-12H2,1-2H3,(H,36,41)(H,37,40);2*1H. The first kappa shape index (κ1) is 30.6. The minimum Gasteiger partial charge on any atom is -0.379 e. The lowest BCUT2D eigenvalue weighted by atomic mass is 10.0. The number of ether oxygens (including phenoxy) is 1. The zero-order chi connectivity index (χ0) is 30.6. The number of fused-ring (bicyclic) bond motifs is 1. The lowest BCUT2D eigenvalue weighted by Gasteiger charge is -2.26.